The van der Waals surface area contributed by atoms with Crippen molar-refractivity contribution in [3.8, 4) is 0 Å². The lowest BCUT2D eigenvalue weighted by Gasteiger charge is -2.24. The third-order valence-corrected chi connectivity index (χ3v) is 3.40. The summed E-state index contributed by atoms with van der Waals surface area (Å²) in [7, 11) is 0. The highest BCUT2D eigenvalue weighted by Crippen LogP contribution is 2.26. The van der Waals surface area contributed by atoms with Crippen molar-refractivity contribution in [1.29, 1.82) is 0 Å². The summed E-state index contributed by atoms with van der Waals surface area (Å²) in [5.74, 6) is 0. The smallest absolute Gasteiger partial charge is 0.188 e. The molecular weight excluding hydrogens is 234 g/mol. The second-order valence-electron chi connectivity index (χ2n) is 4.77. The highest BCUT2D eigenvalue weighted by atomic mass is 32.2. The van der Waals surface area contributed by atoms with E-state index in [0.717, 1.165) is 16.5 Å². The van der Waals surface area contributed by atoms with Gasteiger partial charge in [-0.1, -0.05) is 18.7 Å². The van der Waals surface area contributed by atoms with Crippen LogP contribution in [0, 0.1) is 13.8 Å². The number of aryl methyl sites for hydroxylation is 2. The summed E-state index contributed by atoms with van der Waals surface area (Å²) < 4.78 is 0. The average Bonchev–Trinajstić information content (AvgIpc) is 2.14. The van der Waals surface area contributed by atoms with Crippen LogP contribution in [0.5, 0.6) is 0 Å². The molecule has 2 unspecified atom stereocenters. The van der Waals surface area contributed by atoms with Gasteiger partial charge in [0.25, 0.3) is 0 Å². The fraction of sp³-hybridized carbons (Fsp3) is 0.667. The maximum absolute atomic E-state index is 9.90. The quantitative estimate of drug-likeness (QED) is 0.618. The molecular formula is C12H21N3OS. The first kappa shape index (κ1) is 14.4. The van der Waals surface area contributed by atoms with Crippen molar-refractivity contribution < 1.29 is 5.11 Å². The molecule has 1 aromatic rings. The second kappa shape index (κ2) is 5.80. The van der Waals surface area contributed by atoms with E-state index in [4.69, 9.17) is 5.73 Å². The summed E-state index contributed by atoms with van der Waals surface area (Å²) in [5.41, 5.74) is 6.63. The largest absolute Gasteiger partial charge is 0.389 e. The Labute approximate surface area is 107 Å². The molecule has 0 aliphatic carbocycles. The fourth-order valence-corrected chi connectivity index (χ4v) is 2.87. The highest BCUT2D eigenvalue weighted by molar-refractivity contribution is 7.99. The van der Waals surface area contributed by atoms with Crippen molar-refractivity contribution in [3.05, 3.63) is 17.5 Å². The van der Waals surface area contributed by atoms with Gasteiger partial charge in [0.05, 0.1) is 5.60 Å². The number of aromatic nitrogens is 2. The summed E-state index contributed by atoms with van der Waals surface area (Å²) in [6.45, 7) is 7.99. The molecule has 0 fully saturated rings. The van der Waals surface area contributed by atoms with Crippen LogP contribution < -0.4 is 5.73 Å². The van der Waals surface area contributed by atoms with E-state index in [1.165, 1.54) is 0 Å². The first-order chi connectivity index (χ1) is 7.82. The molecule has 0 saturated heterocycles. The molecule has 0 aliphatic rings. The Bertz CT molecular complexity index is 362. The van der Waals surface area contributed by atoms with Crippen LogP contribution in [0.25, 0.3) is 0 Å². The van der Waals surface area contributed by atoms with Crippen molar-refractivity contribution in [3.63, 3.8) is 0 Å². The van der Waals surface area contributed by atoms with E-state index in [0.29, 0.717) is 6.42 Å². The number of nitrogens with two attached hydrogens (primary N) is 1. The van der Waals surface area contributed by atoms with E-state index in [-0.39, 0.29) is 11.8 Å². The van der Waals surface area contributed by atoms with E-state index in [2.05, 4.69) is 16.9 Å². The molecule has 1 aromatic heterocycles. The Kier molecular flexibility index (Phi) is 4.91. The summed E-state index contributed by atoms with van der Waals surface area (Å²) in [4.78, 5) is 8.74. The minimum absolute atomic E-state index is 0.231. The number of hydrogen-bond acceptors (Lipinski definition) is 5. The minimum Gasteiger partial charge on any atom is -0.389 e. The Hall–Kier alpha value is -0.650. The normalized spacial score (nSPS) is 16.6. The Morgan fingerprint density at radius 3 is 2.41 bits per heavy atom. The third kappa shape index (κ3) is 5.02. The van der Waals surface area contributed by atoms with Gasteiger partial charge in [-0.3, -0.25) is 0 Å². The molecule has 0 aromatic carbocycles. The molecule has 0 spiro atoms. The van der Waals surface area contributed by atoms with Crippen LogP contribution in [0.3, 0.4) is 0 Å². The number of thioether (sulfide) groups is 1. The molecule has 2 atom stereocenters. The predicted molar refractivity (Wildman–Crippen MR) is 71.1 cm³/mol. The molecule has 17 heavy (non-hydrogen) atoms. The molecule has 0 radical (unpaired) electrons. The Balaban J connectivity index is 2.65. The summed E-state index contributed by atoms with van der Waals surface area (Å²) >= 11 is 1.58. The van der Waals surface area contributed by atoms with Gasteiger partial charge in [0, 0.05) is 23.2 Å². The van der Waals surface area contributed by atoms with Crippen LogP contribution >= 0.6 is 11.8 Å². The van der Waals surface area contributed by atoms with Gasteiger partial charge in [-0.2, -0.15) is 0 Å². The lowest BCUT2D eigenvalue weighted by Crippen LogP contribution is -2.36. The lowest BCUT2D eigenvalue weighted by molar-refractivity contribution is 0.0608. The predicted octanol–water partition coefficient (Wildman–Crippen LogP) is 1.67. The Morgan fingerprint density at radius 1 is 1.41 bits per heavy atom. The van der Waals surface area contributed by atoms with Crippen LogP contribution in [0.15, 0.2) is 11.2 Å². The topological polar surface area (TPSA) is 72.0 Å². The first-order valence-electron chi connectivity index (χ1n) is 5.74. The summed E-state index contributed by atoms with van der Waals surface area (Å²) in [6.07, 6.45) is 0.629. The van der Waals surface area contributed by atoms with Crippen LogP contribution in [0.2, 0.25) is 0 Å². The van der Waals surface area contributed by atoms with E-state index in [9.17, 15) is 5.11 Å². The second-order valence-corrected chi connectivity index (χ2v) is 6.17. The van der Waals surface area contributed by atoms with E-state index in [1.807, 2.05) is 19.9 Å². The number of aliphatic hydroxyl groups is 1. The van der Waals surface area contributed by atoms with Crippen LogP contribution in [-0.4, -0.2) is 32.5 Å². The SMILES string of the molecule is Cc1cc(C)nc(SC(C)CC(C)(O)CN)n1. The molecule has 1 heterocycles. The lowest BCUT2D eigenvalue weighted by atomic mass is 10.0. The minimum atomic E-state index is -0.814. The standard InChI is InChI=1S/C12H21N3OS/c1-8-5-9(2)15-11(14-8)17-10(3)6-12(4,16)7-13/h5,10,16H,6-7,13H2,1-4H3. The fourth-order valence-electron chi connectivity index (χ4n) is 1.67. The number of hydrogen-bond donors (Lipinski definition) is 2. The van der Waals surface area contributed by atoms with Gasteiger partial charge in [0.1, 0.15) is 0 Å². The van der Waals surface area contributed by atoms with Gasteiger partial charge in [0.15, 0.2) is 5.16 Å². The van der Waals surface area contributed by atoms with E-state index < -0.39 is 5.60 Å². The first-order valence-corrected chi connectivity index (χ1v) is 6.62. The molecule has 3 N–H and O–H groups in total. The van der Waals surface area contributed by atoms with Gasteiger partial charge in [-0.05, 0) is 33.3 Å². The maximum Gasteiger partial charge on any atom is 0.188 e. The number of rotatable bonds is 5. The van der Waals surface area contributed by atoms with E-state index >= 15 is 0 Å². The van der Waals surface area contributed by atoms with Crippen LogP contribution in [-0.2, 0) is 0 Å². The summed E-state index contributed by atoms with van der Waals surface area (Å²) in [6, 6.07) is 1.95. The molecule has 5 heteroatoms. The van der Waals surface area contributed by atoms with Gasteiger partial charge >= 0.3 is 0 Å². The van der Waals surface area contributed by atoms with Crippen molar-refractivity contribution in [2.75, 3.05) is 6.54 Å². The van der Waals surface area contributed by atoms with Gasteiger partial charge < -0.3 is 10.8 Å². The zero-order valence-corrected chi connectivity index (χ0v) is 11.7. The maximum atomic E-state index is 9.90. The van der Waals surface area contributed by atoms with Gasteiger partial charge in [-0.15, -0.1) is 0 Å². The van der Waals surface area contributed by atoms with Crippen LogP contribution in [0.4, 0.5) is 0 Å². The van der Waals surface area contributed by atoms with Crippen molar-refractivity contribution >= 4 is 11.8 Å². The Morgan fingerprint density at radius 2 is 1.94 bits per heavy atom. The van der Waals surface area contributed by atoms with Crippen molar-refractivity contribution in [2.45, 2.75) is 50.1 Å². The van der Waals surface area contributed by atoms with Gasteiger partial charge in [-0.25, -0.2) is 9.97 Å². The number of nitrogens with zero attached hydrogens (tertiary/aromatic N) is 2. The van der Waals surface area contributed by atoms with Gasteiger partial charge in [0.2, 0.25) is 0 Å². The van der Waals surface area contributed by atoms with E-state index in [1.54, 1.807) is 18.7 Å². The molecule has 4 nitrogen and oxygen atoms in total. The monoisotopic (exact) mass is 255 g/mol. The zero-order chi connectivity index (χ0) is 13.1. The molecule has 0 bridgehead atoms. The van der Waals surface area contributed by atoms with Crippen molar-refractivity contribution in [1.82, 2.24) is 9.97 Å². The molecule has 0 amide bonds. The van der Waals surface area contributed by atoms with Crippen molar-refractivity contribution in [2.24, 2.45) is 5.73 Å². The highest BCUT2D eigenvalue weighted by Gasteiger charge is 2.22. The zero-order valence-electron chi connectivity index (χ0n) is 10.9. The molecule has 1 rings (SSSR count). The molecule has 0 aliphatic heterocycles. The molecule has 0 saturated carbocycles. The average molecular weight is 255 g/mol. The van der Waals surface area contributed by atoms with Crippen LogP contribution in [0.1, 0.15) is 31.7 Å². The molecule has 96 valence electrons. The summed E-state index contributed by atoms with van der Waals surface area (Å²) in [5, 5.41) is 10.9. The third-order valence-electron chi connectivity index (χ3n) is 2.44.